The Balaban J connectivity index is 1.70. The van der Waals surface area contributed by atoms with Crippen molar-refractivity contribution in [2.75, 3.05) is 12.8 Å². The Bertz CT molecular complexity index is 803. The molecule has 2 rings (SSSR count). The maximum absolute atomic E-state index is 11.9. The molecule has 0 unspecified atom stereocenters. The molecular weight excluding hydrogens is 407 g/mol. The fourth-order valence-corrected chi connectivity index (χ4v) is 2.94. The van der Waals surface area contributed by atoms with Gasteiger partial charge in [-0.1, -0.05) is 24.3 Å². The van der Waals surface area contributed by atoms with E-state index in [2.05, 4.69) is 5.32 Å². The van der Waals surface area contributed by atoms with Crippen LogP contribution in [0, 0.1) is 0 Å². The molecule has 1 saturated heterocycles. The lowest BCUT2D eigenvalue weighted by Gasteiger charge is -2.12. The van der Waals surface area contributed by atoms with E-state index in [1.54, 1.807) is 24.3 Å². The second-order valence-corrected chi connectivity index (χ2v) is 8.05. The number of hydrogen-bond donors (Lipinski definition) is 3. The van der Waals surface area contributed by atoms with Gasteiger partial charge in [-0.05, 0) is 17.5 Å². The maximum atomic E-state index is 11.9. The largest absolute Gasteiger partial charge is 0.450 e. The first-order chi connectivity index (χ1) is 13.6. The van der Waals surface area contributed by atoms with Gasteiger partial charge in [-0.25, -0.2) is 9.59 Å². The second-order valence-electron chi connectivity index (χ2n) is 6.27. The maximum Gasteiger partial charge on any atom is 0.407 e. The first-order valence-electron chi connectivity index (χ1n) is 8.73. The minimum absolute atomic E-state index is 0.0277. The van der Waals surface area contributed by atoms with Crippen molar-refractivity contribution in [1.82, 2.24) is 10.4 Å². The standard InChI is InChI=1S/C17H21N2O9P/c20-14-6-7-15(21)19(14)28-16(22)10-12-2-4-13(5-3-12)11-18-17(23)27-8-1-9-29(24,25)26/h2-5H,1,6-11H2,(H,18,23)(H2,24,25,26). The Labute approximate surface area is 166 Å². The van der Waals surface area contributed by atoms with Gasteiger partial charge in [0.05, 0.1) is 19.2 Å². The number of nitrogens with zero attached hydrogens (tertiary/aromatic N) is 1. The highest BCUT2D eigenvalue weighted by Crippen LogP contribution is 2.34. The van der Waals surface area contributed by atoms with Gasteiger partial charge in [-0.15, -0.1) is 5.06 Å². The molecule has 1 aromatic rings. The predicted molar refractivity (Wildman–Crippen MR) is 97.0 cm³/mol. The van der Waals surface area contributed by atoms with E-state index >= 15 is 0 Å². The van der Waals surface area contributed by atoms with Crippen LogP contribution in [0.5, 0.6) is 0 Å². The number of nitrogens with one attached hydrogen (secondary N) is 1. The van der Waals surface area contributed by atoms with Gasteiger partial charge in [0.25, 0.3) is 11.8 Å². The molecule has 3 amide bonds. The van der Waals surface area contributed by atoms with Gasteiger partial charge >= 0.3 is 19.7 Å². The van der Waals surface area contributed by atoms with Crippen molar-refractivity contribution in [3.63, 3.8) is 0 Å². The van der Waals surface area contributed by atoms with Crippen molar-refractivity contribution in [2.45, 2.75) is 32.2 Å². The molecule has 0 radical (unpaired) electrons. The third-order valence-corrected chi connectivity index (χ3v) is 4.73. The van der Waals surface area contributed by atoms with Crippen LogP contribution < -0.4 is 5.32 Å². The molecule has 1 aliphatic heterocycles. The molecule has 158 valence electrons. The Hall–Kier alpha value is -2.75. The number of amides is 3. The topological polar surface area (TPSA) is 160 Å². The summed E-state index contributed by atoms with van der Waals surface area (Å²) in [7, 11) is -4.10. The van der Waals surface area contributed by atoms with Gasteiger partial charge in [0.15, 0.2) is 0 Å². The zero-order chi connectivity index (χ0) is 21.4. The smallest absolute Gasteiger partial charge is 0.407 e. The van der Waals surface area contributed by atoms with Gasteiger partial charge in [-0.3, -0.25) is 14.2 Å². The van der Waals surface area contributed by atoms with Crippen LogP contribution in [0.1, 0.15) is 30.4 Å². The van der Waals surface area contributed by atoms with Crippen LogP contribution in [0.4, 0.5) is 4.79 Å². The fourth-order valence-electron chi connectivity index (χ4n) is 2.39. The van der Waals surface area contributed by atoms with Crippen LogP contribution in [0.15, 0.2) is 24.3 Å². The lowest BCUT2D eigenvalue weighted by Crippen LogP contribution is -2.32. The van der Waals surface area contributed by atoms with Crippen LogP contribution in [0.3, 0.4) is 0 Å². The normalized spacial score (nSPS) is 14.1. The predicted octanol–water partition coefficient (Wildman–Crippen LogP) is 0.630. The van der Waals surface area contributed by atoms with Crippen molar-refractivity contribution in [3.05, 3.63) is 35.4 Å². The van der Waals surface area contributed by atoms with Gasteiger partial charge in [-0.2, -0.15) is 0 Å². The second kappa shape index (κ2) is 10.1. The Morgan fingerprint density at radius 2 is 1.66 bits per heavy atom. The van der Waals surface area contributed by atoms with E-state index in [4.69, 9.17) is 19.4 Å². The lowest BCUT2D eigenvalue weighted by atomic mass is 10.1. The number of benzene rings is 1. The molecular formula is C17H21N2O9P. The van der Waals surface area contributed by atoms with Crippen LogP contribution in [0.2, 0.25) is 0 Å². The van der Waals surface area contributed by atoms with Crippen LogP contribution in [0.25, 0.3) is 0 Å². The lowest BCUT2D eigenvalue weighted by molar-refractivity contribution is -0.197. The molecule has 0 aromatic heterocycles. The number of hydroxylamine groups is 2. The summed E-state index contributed by atoms with van der Waals surface area (Å²) >= 11 is 0. The summed E-state index contributed by atoms with van der Waals surface area (Å²) in [6.45, 7) is 0.0405. The average molecular weight is 428 g/mol. The van der Waals surface area contributed by atoms with Gasteiger partial charge in [0, 0.05) is 19.4 Å². The Kier molecular flexibility index (Phi) is 7.89. The molecule has 0 spiro atoms. The zero-order valence-electron chi connectivity index (χ0n) is 15.4. The van der Waals surface area contributed by atoms with E-state index in [-0.39, 0.29) is 45.0 Å². The van der Waals surface area contributed by atoms with Gasteiger partial charge < -0.3 is 24.7 Å². The number of alkyl carbamates (subject to hydrolysis) is 1. The van der Waals surface area contributed by atoms with Crippen LogP contribution >= 0.6 is 7.60 Å². The fraction of sp³-hybridized carbons (Fsp3) is 0.412. The summed E-state index contributed by atoms with van der Waals surface area (Å²) in [6.07, 6.45) is -1.10. The molecule has 0 bridgehead atoms. The number of hydrogen-bond acceptors (Lipinski definition) is 7. The number of imide groups is 1. The summed E-state index contributed by atoms with van der Waals surface area (Å²) < 4.78 is 15.5. The molecule has 0 saturated carbocycles. The molecule has 12 heteroatoms. The average Bonchev–Trinajstić information content (AvgIpc) is 2.96. The van der Waals surface area contributed by atoms with E-state index in [0.717, 1.165) is 5.56 Å². The summed E-state index contributed by atoms with van der Waals surface area (Å²) in [5, 5.41) is 2.98. The van der Waals surface area contributed by atoms with Crippen molar-refractivity contribution < 1.29 is 43.1 Å². The molecule has 3 N–H and O–H groups in total. The quantitative estimate of drug-likeness (QED) is 0.291. The minimum atomic E-state index is -4.10. The Morgan fingerprint density at radius 3 is 2.24 bits per heavy atom. The number of ether oxygens (including phenoxy) is 1. The summed E-state index contributed by atoms with van der Waals surface area (Å²) in [5.41, 5.74) is 1.32. The third kappa shape index (κ3) is 8.02. The molecule has 0 atom stereocenters. The third-order valence-electron chi connectivity index (χ3n) is 3.83. The van der Waals surface area contributed by atoms with E-state index in [1.807, 2.05) is 0 Å². The summed E-state index contributed by atoms with van der Waals surface area (Å²) in [5.74, 6) is -1.82. The first kappa shape index (κ1) is 22.5. The van der Waals surface area contributed by atoms with E-state index < -0.39 is 31.5 Å². The van der Waals surface area contributed by atoms with E-state index in [1.165, 1.54) is 0 Å². The van der Waals surface area contributed by atoms with Crippen molar-refractivity contribution in [1.29, 1.82) is 0 Å². The number of carbonyl (C=O) groups excluding carboxylic acids is 4. The van der Waals surface area contributed by atoms with Crippen molar-refractivity contribution in [3.8, 4) is 0 Å². The first-order valence-corrected chi connectivity index (χ1v) is 10.5. The molecule has 29 heavy (non-hydrogen) atoms. The van der Waals surface area contributed by atoms with Crippen molar-refractivity contribution in [2.24, 2.45) is 0 Å². The van der Waals surface area contributed by atoms with Gasteiger partial charge in [0.1, 0.15) is 0 Å². The number of rotatable bonds is 9. The highest BCUT2D eigenvalue weighted by molar-refractivity contribution is 7.51. The minimum Gasteiger partial charge on any atom is -0.450 e. The number of carbonyl (C=O) groups is 4. The van der Waals surface area contributed by atoms with Gasteiger partial charge in [0.2, 0.25) is 0 Å². The highest BCUT2D eigenvalue weighted by Gasteiger charge is 2.32. The Morgan fingerprint density at radius 1 is 1.07 bits per heavy atom. The van der Waals surface area contributed by atoms with Crippen LogP contribution in [-0.4, -0.2) is 51.5 Å². The molecule has 1 aromatic carbocycles. The van der Waals surface area contributed by atoms with Crippen LogP contribution in [-0.2, 0) is 41.5 Å². The van der Waals surface area contributed by atoms with Crippen molar-refractivity contribution >= 4 is 31.5 Å². The molecule has 1 fully saturated rings. The highest BCUT2D eigenvalue weighted by atomic mass is 31.2. The van der Waals surface area contributed by atoms with E-state index in [0.29, 0.717) is 10.6 Å². The summed E-state index contributed by atoms with van der Waals surface area (Å²) in [4.78, 5) is 68.4. The molecule has 1 aliphatic rings. The molecule has 0 aliphatic carbocycles. The zero-order valence-corrected chi connectivity index (χ0v) is 16.3. The molecule has 11 nitrogen and oxygen atoms in total. The van der Waals surface area contributed by atoms with E-state index in [9.17, 15) is 23.7 Å². The monoisotopic (exact) mass is 428 g/mol. The molecule has 1 heterocycles. The summed E-state index contributed by atoms with van der Waals surface area (Å²) in [6, 6.07) is 6.61. The SMILES string of the molecule is O=C(Cc1ccc(CNC(=O)OCCCP(=O)(O)O)cc1)ON1C(=O)CCC1=O.